The summed E-state index contributed by atoms with van der Waals surface area (Å²) in [7, 11) is 0. The fraction of sp³-hybridized carbons (Fsp3) is 0.750. The van der Waals surface area contributed by atoms with Gasteiger partial charge in [-0.3, -0.25) is 20.2 Å². The minimum atomic E-state index is -1.92. The van der Waals surface area contributed by atoms with E-state index < -0.39 is 23.4 Å². The molecule has 102 valence electrons. The predicted molar refractivity (Wildman–Crippen MR) is 64.3 cm³/mol. The third-order valence-corrected chi connectivity index (χ3v) is 3.02. The van der Waals surface area contributed by atoms with Gasteiger partial charge in [-0.25, -0.2) is 4.79 Å². The van der Waals surface area contributed by atoms with Crippen LogP contribution in [0.1, 0.15) is 46.0 Å². The first-order valence-corrected chi connectivity index (χ1v) is 6.17. The lowest BCUT2D eigenvalue weighted by Crippen LogP contribution is -2.65. The Labute approximate surface area is 106 Å². The summed E-state index contributed by atoms with van der Waals surface area (Å²) in [6.07, 6.45) is 1.60. The molecule has 1 rings (SSSR count). The van der Waals surface area contributed by atoms with Crippen molar-refractivity contribution in [3.63, 3.8) is 0 Å². The highest BCUT2D eigenvalue weighted by atomic mass is 16.4. The van der Waals surface area contributed by atoms with Crippen molar-refractivity contribution >= 4 is 17.8 Å². The molecular formula is C12H20N2O4. The van der Waals surface area contributed by atoms with Gasteiger partial charge in [0, 0.05) is 12.8 Å². The van der Waals surface area contributed by atoms with Crippen LogP contribution in [-0.2, 0) is 14.4 Å². The summed E-state index contributed by atoms with van der Waals surface area (Å²) in [5.74, 6) is -2.33. The quantitative estimate of drug-likeness (QED) is 0.721. The highest BCUT2D eigenvalue weighted by molar-refractivity contribution is 6.01. The number of amides is 2. The number of nitrogens with two attached hydrogens (primary N) is 1. The second-order valence-electron chi connectivity index (χ2n) is 5.16. The standard InChI is InChI=1S/C12H20N2O4/c1-8(2)7-12(13,11(17)18)14-9(15)5-3-4-6-10(14)16/h8H,3-7,13H2,1-2H3,(H,17,18)/t12-/m0/s1. The van der Waals surface area contributed by atoms with Crippen molar-refractivity contribution in [3.05, 3.63) is 0 Å². The number of aliphatic carboxylic acids is 1. The third kappa shape index (κ3) is 2.87. The Morgan fingerprint density at radius 1 is 1.33 bits per heavy atom. The van der Waals surface area contributed by atoms with Crippen molar-refractivity contribution in [2.45, 2.75) is 51.6 Å². The number of rotatable bonds is 4. The highest BCUT2D eigenvalue weighted by Crippen LogP contribution is 2.25. The molecule has 0 aromatic heterocycles. The van der Waals surface area contributed by atoms with E-state index in [-0.39, 0.29) is 25.2 Å². The number of carboxylic acid groups (broad SMARTS) is 1. The molecule has 18 heavy (non-hydrogen) atoms. The first-order chi connectivity index (χ1) is 8.29. The van der Waals surface area contributed by atoms with Crippen molar-refractivity contribution in [3.8, 4) is 0 Å². The van der Waals surface area contributed by atoms with Crippen molar-refractivity contribution in [2.75, 3.05) is 0 Å². The van der Waals surface area contributed by atoms with Crippen LogP contribution < -0.4 is 5.73 Å². The molecule has 0 unspecified atom stereocenters. The highest BCUT2D eigenvalue weighted by Gasteiger charge is 2.47. The van der Waals surface area contributed by atoms with Gasteiger partial charge >= 0.3 is 5.97 Å². The first-order valence-electron chi connectivity index (χ1n) is 6.17. The summed E-state index contributed by atoms with van der Waals surface area (Å²) in [6, 6.07) is 0. The second kappa shape index (κ2) is 5.48. The van der Waals surface area contributed by atoms with Gasteiger partial charge < -0.3 is 5.11 Å². The van der Waals surface area contributed by atoms with Crippen LogP contribution in [0.5, 0.6) is 0 Å². The normalized spacial score (nSPS) is 20.8. The zero-order valence-corrected chi connectivity index (χ0v) is 10.8. The molecule has 0 saturated carbocycles. The van der Waals surface area contributed by atoms with Gasteiger partial charge in [-0.2, -0.15) is 0 Å². The summed E-state index contributed by atoms with van der Waals surface area (Å²) in [4.78, 5) is 36.0. The van der Waals surface area contributed by atoms with E-state index in [2.05, 4.69) is 0 Å². The Kier molecular flexibility index (Phi) is 4.45. The number of carbonyl (C=O) groups excluding carboxylic acids is 2. The molecule has 1 atom stereocenters. The second-order valence-corrected chi connectivity index (χ2v) is 5.16. The first kappa shape index (κ1) is 14.6. The zero-order chi connectivity index (χ0) is 13.9. The molecule has 1 saturated heterocycles. The number of carboxylic acids is 1. The van der Waals surface area contributed by atoms with E-state index in [0.29, 0.717) is 12.8 Å². The van der Waals surface area contributed by atoms with Crippen LogP contribution in [-0.4, -0.2) is 33.5 Å². The number of likely N-dealkylation sites (tertiary alicyclic amines) is 1. The van der Waals surface area contributed by atoms with E-state index in [1.165, 1.54) is 0 Å². The molecule has 1 fully saturated rings. The monoisotopic (exact) mass is 256 g/mol. The van der Waals surface area contributed by atoms with Crippen molar-refractivity contribution in [1.82, 2.24) is 4.90 Å². The molecule has 6 heteroatoms. The summed E-state index contributed by atoms with van der Waals surface area (Å²) in [5, 5.41) is 9.29. The maximum absolute atomic E-state index is 11.9. The average molecular weight is 256 g/mol. The van der Waals surface area contributed by atoms with Crippen molar-refractivity contribution < 1.29 is 19.5 Å². The van der Waals surface area contributed by atoms with Gasteiger partial charge in [-0.15, -0.1) is 0 Å². The number of hydrogen-bond acceptors (Lipinski definition) is 4. The van der Waals surface area contributed by atoms with Crippen molar-refractivity contribution in [2.24, 2.45) is 11.7 Å². The summed E-state index contributed by atoms with van der Waals surface area (Å²) in [5.41, 5.74) is 3.93. The number of nitrogens with zero attached hydrogens (tertiary/aromatic N) is 1. The molecular weight excluding hydrogens is 236 g/mol. The molecule has 0 radical (unpaired) electrons. The van der Waals surface area contributed by atoms with Gasteiger partial charge in [0.1, 0.15) is 0 Å². The lowest BCUT2D eigenvalue weighted by atomic mass is 9.95. The summed E-state index contributed by atoms with van der Waals surface area (Å²) >= 11 is 0. The Morgan fingerprint density at radius 2 is 1.78 bits per heavy atom. The SMILES string of the molecule is CC(C)C[C@@](N)(C(=O)O)N1C(=O)CCCCC1=O. The molecule has 0 aromatic rings. The van der Waals surface area contributed by atoms with Gasteiger partial charge in [0.15, 0.2) is 5.66 Å². The summed E-state index contributed by atoms with van der Waals surface area (Å²) < 4.78 is 0. The van der Waals surface area contributed by atoms with Gasteiger partial charge in [-0.05, 0) is 25.2 Å². The van der Waals surface area contributed by atoms with Crippen LogP contribution in [0.3, 0.4) is 0 Å². The largest absolute Gasteiger partial charge is 0.478 e. The van der Waals surface area contributed by atoms with Crippen LogP contribution in [0.4, 0.5) is 0 Å². The molecule has 6 nitrogen and oxygen atoms in total. The lowest BCUT2D eigenvalue weighted by Gasteiger charge is -2.36. The zero-order valence-electron chi connectivity index (χ0n) is 10.8. The number of carbonyl (C=O) groups is 3. The average Bonchev–Trinajstić information content (AvgIpc) is 2.38. The van der Waals surface area contributed by atoms with E-state index in [1.54, 1.807) is 13.8 Å². The fourth-order valence-corrected chi connectivity index (χ4v) is 2.26. The topological polar surface area (TPSA) is 101 Å². The molecule has 2 amide bonds. The van der Waals surface area contributed by atoms with E-state index in [0.717, 1.165) is 4.90 Å². The molecule has 0 aromatic carbocycles. The number of imide groups is 1. The minimum Gasteiger partial charge on any atom is -0.478 e. The fourth-order valence-electron chi connectivity index (χ4n) is 2.26. The molecule has 0 spiro atoms. The molecule has 0 aliphatic carbocycles. The smallest absolute Gasteiger partial charge is 0.345 e. The Morgan fingerprint density at radius 3 is 2.11 bits per heavy atom. The van der Waals surface area contributed by atoms with Crippen LogP contribution in [0.25, 0.3) is 0 Å². The van der Waals surface area contributed by atoms with Crippen LogP contribution >= 0.6 is 0 Å². The van der Waals surface area contributed by atoms with Gasteiger partial charge in [0.05, 0.1) is 0 Å². The van der Waals surface area contributed by atoms with E-state index in [4.69, 9.17) is 5.73 Å². The molecule has 0 bridgehead atoms. The molecule has 1 heterocycles. The Balaban J connectivity index is 3.12. The van der Waals surface area contributed by atoms with E-state index in [9.17, 15) is 19.5 Å². The predicted octanol–water partition coefficient (Wildman–Crippen LogP) is 0.701. The Hall–Kier alpha value is -1.43. The molecule has 1 aliphatic heterocycles. The van der Waals surface area contributed by atoms with E-state index in [1.807, 2.05) is 0 Å². The van der Waals surface area contributed by atoms with Crippen LogP contribution in [0.15, 0.2) is 0 Å². The minimum absolute atomic E-state index is 0.0325. The maximum atomic E-state index is 11.9. The Bertz CT molecular complexity index is 349. The van der Waals surface area contributed by atoms with E-state index >= 15 is 0 Å². The summed E-state index contributed by atoms with van der Waals surface area (Å²) in [6.45, 7) is 3.61. The lowest BCUT2D eigenvalue weighted by molar-refractivity contribution is -0.167. The number of hydrogen-bond donors (Lipinski definition) is 2. The molecule has 3 N–H and O–H groups in total. The van der Waals surface area contributed by atoms with Gasteiger partial charge in [0.2, 0.25) is 11.8 Å². The maximum Gasteiger partial charge on any atom is 0.345 e. The molecule has 1 aliphatic rings. The third-order valence-electron chi connectivity index (χ3n) is 3.02. The van der Waals surface area contributed by atoms with Crippen LogP contribution in [0, 0.1) is 5.92 Å². The van der Waals surface area contributed by atoms with Crippen LogP contribution in [0.2, 0.25) is 0 Å². The van der Waals surface area contributed by atoms with Crippen molar-refractivity contribution in [1.29, 1.82) is 0 Å². The van der Waals surface area contributed by atoms with Gasteiger partial charge in [0.25, 0.3) is 0 Å². The van der Waals surface area contributed by atoms with Gasteiger partial charge in [-0.1, -0.05) is 13.8 Å².